The molecular formula is C40H53N4O6+. The Morgan fingerprint density at radius 2 is 1.64 bits per heavy atom. The summed E-state index contributed by atoms with van der Waals surface area (Å²) in [6.45, 7) is 3.81. The van der Waals surface area contributed by atoms with Crippen LogP contribution in [0.5, 0.6) is 11.5 Å². The Balaban J connectivity index is 0.970. The Kier molecular flexibility index (Phi) is 13.3. The first-order valence-electron chi connectivity index (χ1n) is 18.0. The molecule has 1 aliphatic heterocycles. The van der Waals surface area contributed by atoms with Crippen molar-refractivity contribution in [2.45, 2.75) is 70.0 Å². The standard InChI is InChI=1S/C40H52N4O6/c1-44(2)24-21-30(22-25-44)50-40(48)42-35-27-31(15-16-32(35)29-13-9-8-10-14-29)49-26-12-7-5-3-4-6-11-23-41-28-37(46)33-17-19-36(45)39-34(33)18-20-38(47)43-39/h8-10,13-20,27,30,37,41,46H,3-7,11-12,21-26,28H2,1-2H3,(H2-,42,43,45,47,48)/p+1/t37-/m0/s1. The number of pyridine rings is 1. The molecule has 0 aliphatic carbocycles. The monoisotopic (exact) mass is 685 g/mol. The third-order valence-electron chi connectivity index (χ3n) is 9.57. The third kappa shape index (κ3) is 10.8. The summed E-state index contributed by atoms with van der Waals surface area (Å²) in [7, 11) is 4.42. The van der Waals surface area contributed by atoms with E-state index in [1.807, 2.05) is 48.5 Å². The smallest absolute Gasteiger partial charge is 0.411 e. The molecule has 1 amide bonds. The van der Waals surface area contributed by atoms with Crippen molar-refractivity contribution in [1.82, 2.24) is 10.3 Å². The molecule has 1 aliphatic rings. The zero-order valence-corrected chi connectivity index (χ0v) is 29.5. The predicted molar refractivity (Wildman–Crippen MR) is 199 cm³/mol. The number of carbonyl (C=O) groups excluding carboxylic acids is 1. The van der Waals surface area contributed by atoms with E-state index in [1.165, 1.54) is 18.6 Å². The van der Waals surface area contributed by atoms with Gasteiger partial charge < -0.3 is 34.5 Å². The minimum absolute atomic E-state index is 0.0109. The van der Waals surface area contributed by atoms with Crippen molar-refractivity contribution in [2.75, 3.05) is 52.2 Å². The van der Waals surface area contributed by atoms with E-state index in [0.717, 1.165) is 92.4 Å². The van der Waals surface area contributed by atoms with Crippen molar-refractivity contribution >= 4 is 22.7 Å². The molecule has 0 saturated carbocycles. The molecule has 268 valence electrons. The molecule has 5 rings (SSSR count). The van der Waals surface area contributed by atoms with E-state index >= 15 is 0 Å². The van der Waals surface area contributed by atoms with Gasteiger partial charge in [-0.25, -0.2) is 4.79 Å². The van der Waals surface area contributed by atoms with Crippen LogP contribution in [-0.4, -0.2) is 78.8 Å². The predicted octanol–water partition coefficient (Wildman–Crippen LogP) is 7.12. The summed E-state index contributed by atoms with van der Waals surface area (Å²) in [5.41, 5.74) is 3.34. The topological polar surface area (TPSA) is 133 Å². The van der Waals surface area contributed by atoms with Gasteiger partial charge in [0.2, 0.25) is 5.56 Å². The number of carbonyl (C=O) groups is 1. The molecule has 10 heteroatoms. The van der Waals surface area contributed by atoms with E-state index in [0.29, 0.717) is 35.3 Å². The summed E-state index contributed by atoms with van der Waals surface area (Å²) < 4.78 is 12.9. The van der Waals surface area contributed by atoms with Crippen LogP contribution in [0.15, 0.2) is 77.6 Å². The van der Waals surface area contributed by atoms with Crippen LogP contribution in [0.1, 0.15) is 69.5 Å². The molecule has 0 radical (unpaired) electrons. The number of likely N-dealkylation sites (tertiary alicyclic amines) is 1. The Bertz CT molecular complexity index is 1730. The number of aliphatic hydroxyl groups is 1. The normalized spacial score (nSPS) is 15.1. The number of ether oxygens (including phenoxy) is 2. The number of rotatable bonds is 17. The molecule has 0 spiro atoms. The van der Waals surface area contributed by atoms with E-state index in [1.54, 1.807) is 12.1 Å². The van der Waals surface area contributed by atoms with Gasteiger partial charge in [-0.05, 0) is 54.8 Å². The van der Waals surface area contributed by atoms with Crippen LogP contribution in [0.3, 0.4) is 0 Å². The summed E-state index contributed by atoms with van der Waals surface area (Å²) in [6, 6.07) is 22.1. The van der Waals surface area contributed by atoms with Gasteiger partial charge in [-0.15, -0.1) is 0 Å². The van der Waals surface area contributed by atoms with E-state index in [-0.39, 0.29) is 17.4 Å². The lowest BCUT2D eigenvalue weighted by atomic mass is 10.0. The van der Waals surface area contributed by atoms with Crippen molar-refractivity contribution in [2.24, 2.45) is 0 Å². The van der Waals surface area contributed by atoms with Crippen LogP contribution < -0.4 is 20.9 Å². The van der Waals surface area contributed by atoms with Crippen LogP contribution in [0, 0.1) is 0 Å². The highest BCUT2D eigenvalue weighted by Crippen LogP contribution is 2.32. The molecule has 4 aromatic rings. The number of phenols is 1. The van der Waals surface area contributed by atoms with Crippen LogP contribution in [0.25, 0.3) is 22.0 Å². The van der Waals surface area contributed by atoms with Crippen molar-refractivity contribution in [1.29, 1.82) is 0 Å². The first-order valence-corrected chi connectivity index (χ1v) is 18.0. The van der Waals surface area contributed by atoms with E-state index < -0.39 is 12.2 Å². The largest absolute Gasteiger partial charge is 0.506 e. The average Bonchev–Trinajstić information content (AvgIpc) is 3.10. The van der Waals surface area contributed by atoms with Crippen LogP contribution in [-0.2, 0) is 4.74 Å². The number of aliphatic hydroxyl groups excluding tert-OH is 1. The summed E-state index contributed by atoms with van der Waals surface area (Å²) in [5, 5.41) is 27.7. The molecule has 1 atom stereocenters. The van der Waals surface area contributed by atoms with Gasteiger partial charge in [0.1, 0.15) is 17.6 Å². The van der Waals surface area contributed by atoms with Gasteiger partial charge >= 0.3 is 6.09 Å². The lowest BCUT2D eigenvalue weighted by Crippen LogP contribution is -2.48. The van der Waals surface area contributed by atoms with Crippen molar-refractivity contribution in [3.05, 3.63) is 88.7 Å². The fraction of sp³-hybridized carbons (Fsp3) is 0.450. The number of nitrogens with zero attached hydrogens (tertiary/aromatic N) is 1. The van der Waals surface area contributed by atoms with Crippen LogP contribution in [0.4, 0.5) is 10.5 Å². The van der Waals surface area contributed by atoms with Gasteiger partial charge in [0, 0.05) is 42.5 Å². The number of fused-ring (bicyclic) bond motifs is 1. The zero-order valence-electron chi connectivity index (χ0n) is 29.5. The first-order chi connectivity index (χ1) is 24.2. The summed E-state index contributed by atoms with van der Waals surface area (Å²) in [4.78, 5) is 27.2. The number of hydrogen-bond acceptors (Lipinski definition) is 7. The number of phenolic OH excluding ortho intramolecular Hbond substituents is 1. The second kappa shape index (κ2) is 18.0. The van der Waals surface area contributed by atoms with Gasteiger partial charge in [-0.2, -0.15) is 0 Å². The molecule has 3 aromatic carbocycles. The summed E-state index contributed by atoms with van der Waals surface area (Å²) in [5.74, 6) is 0.714. The maximum absolute atomic E-state index is 12.9. The van der Waals surface area contributed by atoms with Gasteiger partial charge in [-0.1, -0.05) is 68.5 Å². The average molecular weight is 686 g/mol. The lowest BCUT2D eigenvalue weighted by molar-refractivity contribution is -0.896. The summed E-state index contributed by atoms with van der Waals surface area (Å²) in [6.07, 6.45) is 8.17. The van der Waals surface area contributed by atoms with Crippen molar-refractivity contribution < 1.29 is 29.0 Å². The second-order valence-electron chi connectivity index (χ2n) is 14.0. The fourth-order valence-electron chi connectivity index (χ4n) is 6.56. The SMILES string of the molecule is C[N+]1(C)CCC(OC(=O)Nc2cc(OCCCCCCCCCNC[C@H](O)c3ccc(O)c4[nH]c(=O)ccc34)ccc2-c2ccccc2)CC1. The maximum atomic E-state index is 12.9. The quantitative estimate of drug-likeness (QED) is 0.0591. The summed E-state index contributed by atoms with van der Waals surface area (Å²) >= 11 is 0. The Morgan fingerprint density at radius 3 is 2.40 bits per heavy atom. The van der Waals surface area contributed by atoms with Gasteiger partial charge in [0.25, 0.3) is 0 Å². The second-order valence-corrected chi connectivity index (χ2v) is 14.0. The number of aromatic amines is 1. The molecule has 5 N–H and O–H groups in total. The Hall–Kier alpha value is -4.38. The van der Waals surface area contributed by atoms with E-state index in [9.17, 15) is 19.8 Å². The number of hydrogen-bond donors (Lipinski definition) is 5. The Labute approximate surface area is 295 Å². The highest BCUT2D eigenvalue weighted by molar-refractivity contribution is 5.92. The molecule has 1 aromatic heterocycles. The van der Waals surface area contributed by atoms with Crippen molar-refractivity contribution in [3.8, 4) is 22.6 Å². The van der Waals surface area contributed by atoms with Gasteiger partial charge in [0.05, 0.1) is 51.1 Å². The molecule has 1 saturated heterocycles. The number of aromatic nitrogens is 1. The number of amides is 1. The number of H-pyrrole nitrogens is 1. The molecular weight excluding hydrogens is 632 g/mol. The number of anilines is 1. The number of piperidine rings is 1. The zero-order chi connectivity index (χ0) is 35.3. The third-order valence-corrected chi connectivity index (χ3v) is 9.57. The number of nitrogens with one attached hydrogen (secondary N) is 3. The molecule has 0 bridgehead atoms. The van der Waals surface area contributed by atoms with Gasteiger partial charge in [-0.3, -0.25) is 10.1 Å². The highest BCUT2D eigenvalue weighted by atomic mass is 16.6. The van der Waals surface area contributed by atoms with Crippen LogP contribution in [0.2, 0.25) is 0 Å². The molecule has 50 heavy (non-hydrogen) atoms. The van der Waals surface area contributed by atoms with Gasteiger partial charge in [0.15, 0.2) is 0 Å². The Morgan fingerprint density at radius 1 is 0.920 bits per heavy atom. The number of quaternary nitrogens is 1. The molecule has 2 heterocycles. The molecule has 10 nitrogen and oxygen atoms in total. The number of benzene rings is 3. The van der Waals surface area contributed by atoms with E-state index in [2.05, 4.69) is 29.7 Å². The number of unbranched alkanes of at least 4 members (excludes halogenated alkanes) is 6. The highest BCUT2D eigenvalue weighted by Gasteiger charge is 2.28. The lowest BCUT2D eigenvalue weighted by Gasteiger charge is -2.36. The maximum Gasteiger partial charge on any atom is 0.411 e. The molecule has 1 fully saturated rings. The number of aromatic hydroxyl groups is 1. The molecule has 0 unspecified atom stereocenters. The minimum Gasteiger partial charge on any atom is -0.506 e. The minimum atomic E-state index is -0.744. The first kappa shape index (κ1) is 36.9. The van der Waals surface area contributed by atoms with E-state index in [4.69, 9.17) is 9.47 Å². The van der Waals surface area contributed by atoms with Crippen LogP contribution >= 0.6 is 0 Å². The fourth-order valence-corrected chi connectivity index (χ4v) is 6.56. The van der Waals surface area contributed by atoms with Crippen molar-refractivity contribution in [3.63, 3.8) is 0 Å².